The average molecular weight is 336 g/mol. The maximum atomic E-state index is 11.9. The molecule has 1 heterocycles. The fourth-order valence-corrected chi connectivity index (χ4v) is 2.90. The van der Waals surface area contributed by atoms with Crippen LogP contribution in [-0.2, 0) is 6.54 Å². The highest BCUT2D eigenvalue weighted by atomic mass is 32.1. The van der Waals surface area contributed by atoms with Gasteiger partial charge in [-0.2, -0.15) is 0 Å². The number of carbonyl (C=O) groups is 1. The second-order valence-corrected chi connectivity index (χ2v) is 5.82. The molecule has 1 N–H and O–H groups in total. The molecule has 0 radical (unpaired) electrons. The number of benzene rings is 2. The number of carbonyl (C=O) groups excluding carboxylic acids is 1. The van der Waals surface area contributed by atoms with Crippen molar-refractivity contribution in [3.63, 3.8) is 0 Å². The predicted molar refractivity (Wildman–Crippen MR) is 95.7 cm³/mol. The molecule has 0 bridgehead atoms. The van der Waals surface area contributed by atoms with Crippen molar-refractivity contribution in [1.82, 2.24) is 9.55 Å². The van der Waals surface area contributed by atoms with Crippen molar-refractivity contribution in [2.45, 2.75) is 13.5 Å². The topological polar surface area (TPSA) is 55.1 Å². The Kier molecular flexibility index (Phi) is 4.53. The summed E-state index contributed by atoms with van der Waals surface area (Å²) >= 11 is 5.22. The maximum absolute atomic E-state index is 11.9. The molecule has 4 nitrogen and oxygen atoms in total. The lowest BCUT2D eigenvalue weighted by Gasteiger charge is -2.17. The normalized spacial score (nSPS) is 10.5. The maximum Gasteiger partial charge on any atom is 0.207 e. The number of aromatic nitrogens is 2. The molecule has 0 fully saturated rings. The van der Waals surface area contributed by atoms with Gasteiger partial charge >= 0.3 is 0 Å². The van der Waals surface area contributed by atoms with Gasteiger partial charge in [0, 0.05) is 5.56 Å². The third-order valence-electron chi connectivity index (χ3n) is 3.72. The molecule has 0 atom stereocenters. The SMILES string of the molecule is CC(=O)c1c(O)n(Cc2ccccc2)c(-c2ccccc2)nc1=S. The summed E-state index contributed by atoms with van der Waals surface area (Å²) in [5, 5.41) is 10.7. The van der Waals surface area contributed by atoms with Crippen molar-refractivity contribution >= 4 is 18.0 Å². The summed E-state index contributed by atoms with van der Waals surface area (Å²) in [6.07, 6.45) is 0. The van der Waals surface area contributed by atoms with E-state index in [1.165, 1.54) is 6.92 Å². The molecule has 24 heavy (non-hydrogen) atoms. The van der Waals surface area contributed by atoms with Crippen molar-refractivity contribution in [3.05, 3.63) is 76.4 Å². The molecule has 1 aromatic heterocycles. The fraction of sp³-hybridized carbons (Fsp3) is 0.105. The van der Waals surface area contributed by atoms with Crippen LogP contribution in [0.2, 0.25) is 0 Å². The van der Waals surface area contributed by atoms with E-state index in [0.717, 1.165) is 11.1 Å². The molecule has 0 unspecified atom stereocenters. The third-order valence-corrected chi connectivity index (χ3v) is 4.02. The minimum absolute atomic E-state index is 0.0839. The molecular weight excluding hydrogens is 320 g/mol. The van der Waals surface area contributed by atoms with Crippen LogP contribution in [0.5, 0.6) is 5.88 Å². The highest BCUT2D eigenvalue weighted by Gasteiger charge is 2.18. The molecule has 5 heteroatoms. The number of aromatic hydroxyl groups is 1. The van der Waals surface area contributed by atoms with Crippen molar-refractivity contribution in [1.29, 1.82) is 0 Å². The van der Waals surface area contributed by atoms with Crippen molar-refractivity contribution in [2.75, 3.05) is 0 Å². The molecule has 0 saturated carbocycles. The Morgan fingerprint density at radius 1 is 1.08 bits per heavy atom. The van der Waals surface area contributed by atoms with Gasteiger partial charge in [0.15, 0.2) is 5.78 Å². The van der Waals surface area contributed by atoms with Crippen LogP contribution < -0.4 is 0 Å². The molecule has 3 rings (SSSR count). The zero-order chi connectivity index (χ0) is 17.1. The summed E-state index contributed by atoms with van der Waals surface area (Å²) in [4.78, 5) is 16.3. The molecule has 0 saturated heterocycles. The fourth-order valence-electron chi connectivity index (χ4n) is 2.57. The number of rotatable bonds is 4. The van der Waals surface area contributed by atoms with Gasteiger partial charge < -0.3 is 5.11 Å². The standard InChI is InChI=1S/C19H16N2O2S/c1-13(22)16-18(24)20-17(15-10-6-3-7-11-15)21(19(16)23)12-14-8-4-2-5-9-14/h2-11,23H,12H2,1H3. The summed E-state index contributed by atoms with van der Waals surface area (Å²) in [5.74, 6) is 0.0867. The monoisotopic (exact) mass is 336 g/mol. The number of hydrogen-bond donors (Lipinski definition) is 1. The lowest BCUT2D eigenvalue weighted by atomic mass is 10.1. The number of ketones is 1. The molecular formula is C19H16N2O2S. The molecule has 2 aromatic carbocycles. The van der Waals surface area contributed by atoms with E-state index in [9.17, 15) is 9.90 Å². The Bertz CT molecular complexity index is 935. The molecule has 120 valence electrons. The van der Waals surface area contributed by atoms with E-state index in [2.05, 4.69) is 4.98 Å². The average Bonchev–Trinajstić information content (AvgIpc) is 2.58. The van der Waals surface area contributed by atoms with Gasteiger partial charge in [-0.25, -0.2) is 4.98 Å². The van der Waals surface area contributed by atoms with Crippen molar-refractivity contribution in [3.8, 4) is 17.3 Å². The first-order chi connectivity index (χ1) is 11.6. The van der Waals surface area contributed by atoms with E-state index in [1.54, 1.807) is 4.57 Å². The Hall–Kier alpha value is -2.79. The Balaban J connectivity index is 2.25. The Morgan fingerprint density at radius 2 is 1.67 bits per heavy atom. The van der Waals surface area contributed by atoms with Crippen LogP contribution in [0.15, 0.2) is 60.7 Å². The summed E-state index contributed by atoms with van der Waals surface area (Å²) in [6.45, 7) is 1.77. The van der Waals surface area contributed by atoms with E-state index >= 15 is 0 Å². The van der Waals surface area contributed by atoms with Crippen molar-refractivity contribution in [2.24, 2.45) is 0 Å². The van der Waals surface area contributed by atoms with Crippen LogP contribution >= 0.6 is 12.2 Å². The molecule has 0 aliphatic rings. The van der Waals surface area contributed by atoms with Crippen LogP contribution in [-0.4, -0.2) is 20.4 Å². The first-order valence-corrected chi connectivity index (χ1v) is 7.93. The predicted octanol–water partition coefficient (Wildman–Crippen LogP) is 4.24. The van der Waals surface area contributed by atoms with Gasteiger partial charge in [-0.15, -0.1) is 0 Å². The second kappa shape index (κ2) is 6.76. The van der Waals surface area contributed by atoms with Gasteiger partial charge in [0.2, 0.25) is 5.88 Å². The molecule has 0 amide bonds. The smallest absolute Gasteiger partial charge is 0.207 e. The van der Waals surface area contributed by atoms with E-state index in [-0.39, 0.29) is 21.9 Å². The zero-order valence-electron chi connectivity index (χ0n) is 13.1. The van der Waals surface area contributed by atoms with Crippen LogP contribution in [0.3, 0.4) is 0 Å². The van der Waals surface area contributed by atoms with E-state index in [0.29, 0.717) is 12.4 Å². The quantitative estimate of drug-likeness (QED) is 0.572. The minimum atomic E-state index is -0.300. The van der Waals surface area contributed by atoms with E-state index in [4.69, 9.17) is 12.2 Å². The molecule has 0 aliphatic heterocycles. The lowest BCUT2D eigenvalue weighted by molar-refractivity contribution is 0.101. The minimum Gasteiger partial charge on any atom is -0.494 e. The van der Waals surface area contributed by atoms with Gasteiger partial charge in [-0.05, 0) is 12.5 Å². The Labute approximate surface area is 145 Å². The van der Waals surface area contributed by atoms with Crippen LogP contribution in [0.25, 0.3) is 11.4 Å². The first-order valence-electron chi connectivity index (χ1n) is 7.52. The summed E-state index contributed by atoms with van der Waals surface area (Å²) in [7, 11) is 0. The summed E-state index contributed by atoms with van der Waals surface area (Å²) in [5.41, 5.74) is 1.90. The van der Waals surface area contributed by atoms with E-state index in [1.807, 2.05) is 60.7 Å². The van der Waals surface area contributed by atoms with Crippen LogP contribution in [0, 0.1) is 4.64 Å². The number of hydrogen-bond acceptors (Lipinski definition) is 4. The lowest BCUT2D eigenvalue weighted by Crippen LogP contribution is -2.12. The second-order valence-electron chi connectivity index (χ2n) is 5.43. The van der Waals surface area contributed by atoms with Gasteiger partial charge in [0.1, 0.15) is 16.0 Å². The highest BCUT2D eigenvalue weighted by Crippen LogP contribution is 2.27. The van der Waals surface area contributed by atoms with E-state index < -0.39 is 0 Å². The van der Waals surface area contributed by atoms with Gasteiger partial charge in [-0.1, -0.05) is 72.9 Å². The third kappa shape index (κ3) is 3.12. The summed E-state index contributed by atoms with van der Waals surface area (Å²) < 4.78 is 1.74. The largest absolute Gasteiger partial charge is 0.494 e. The van der Waals surface area contributed by atoms with Crippen LogP contribution in [0.4, 0.5) is 0 Å². The number of nitrogens with zero attached hydrogens (tertiary/aromatic N) is 2. The first kappa shape index (κ1) is 16.1. The highest BCUT2D eigenvalue weighted by molar-refractivity contribution is 7.71. The van der Waals surface area contributed by atoms with Crippen LogP contribution in [0.1, 0.15) is 22.8 Å². The molecule has 0 spiro atoms. The molecule has 0 aliphatic carbocycles. The van der Waals surface area contributed by atoms with Gasteiger partial charge in [-0.3, -0.25) is 9.36 Å². The number of Topliss-reactive ketones (excluding diaryl/α,β-unsaturated/α-hetero) is 1. The van der Waals surface area contributed by atoms with Gasteiger partial charge in [0.05, 0.1) is 6.54 Å². The zero-order valence-corrected chi connectivity index (χ0v) is 14.0. The van der Waals surface area contributed by atoms with Gasteiger partial charge in [0.25, 0.3) is 0 Å². The molecule has 3 aromatic rings. The Morgan fingerprint density at radius 3 is 2.25 bits per heavy atom. The summed E-state index contributed by atoms with van der Waals surface area (Å²) in [6, 6.07) is 19.2. The van der Waals surface area contributed by atoms with Crippen molar-refractivity contribution < 1.29 is 9.90 Å².